The SMILES string of the molecule is CC1CN(Cc2cnc(C(C)C)s2)CCN1. The first-order valence-electron chi connectivity index (χ1n) is 6.05. The number of thiazole rings is 1. The third kappa shape index (κ3) is 3.03. The number of piperazine rings is 1. The minimum Gasteiger partial charge on any atom is -0.312 e. The number of aromatic nitrogens is 1. The van der Waals surface area contributed by atoms with E-state index in [2.05, 4.69) is 36.0 Å². The van der Waals surface area contributed by atoms with Gasteiger partial charge in [0.2, 0.25) is 0 Å². The summed E-state index contributed by atoms with van der Waals surface area (Å²) in [6, 6.07) is 0.617. The van der Waals surface area contributed by atoms with Crippen molar-refractivity contribution in [3.8, 4) is 0 Å². The number of hydrogen-bond acceptors (Lipinski definition) is 4. The molecule has 0 aromatic carbocycles. The largest absolute Gasteiger partial charge is 0.312 e. The lowest BCUT2D eigenvalue weighted by molar-refractivity contribution is 0.201. The predicted octanol–water partition coefficient (Wildman–Crippen LogP) is 2.06. The highest BCUT2D eigenvalue weighted by Gasteiger charge is 2.16. The highest BCUT2D eigenvalue weighted by Crippen LogP contribution is 2.22. The molecule has 0 radical (unpaired) electrons. The van der Waals surface area contributed by atoms with Crippen LogP contribution in [0.1, 0.15) is 36.6 Å². The van der Waals surface area contributed by atoms with Crippen molar-refractivity contribution < 1.29 is 0 Å². The van der Waals surface area contributed by atoms with Crippen LogP contribution < -0.4 is 5.32 Å². The molecular formula is C12H21N3S. The zero-order chi connectivity index (χ0) is 11.5. The van der Waals surface area contributed by atoms with Crippen molar-refractivity contribution in [3.63, 3.8) is 0 Å². The van der Waals surface area contributed by atoms with Gasteiger partial charge in [0.15, 0.2) is 0 Å². The summed E-state index contributed by atoms with van der Waals surface area (Å²) >= 11 is 1.86. The Morgan fingerprint density at radius 2 is 2.44 bits per heavy atom. The van der Waals surface area contributed by atoms with Gasteiger partial charge < -0.3 is 5.32 Å². The van der Waals surface area contributed by atoms with Crippen molar-refractivity contribution in [2.75, 3.05) is 19.6 Å². The molecule has 0 saturated carbocycles. The molecule has 3 nitrogen and oxygen atoms in total. The van der Waals surface area contributed by atoms with Gasteiger partial charge in [0.25, 0.3) is 0 Å². The van der Waals surface area contributed by atoms with Crippen LogP contribution in [0.3, 0.4) is 0 Å². The molecule has 0 bridgehead atoms. The van der Waals surface area contributed by atoms with Crippen LogP contribution in [0.25, 0.3) is 0 Å². The first-order valence-corrected chi connectivity index (χ1v) is 6.87. The Hall–Kier alpha value is -0.450. The summed E-state index contributed by atoms with van der Waals surface area (Å²) in [5.41, 5.74) is 0. The Kier molecular flexibility index (Phi) is 3.95. The quantitative estimate of drug-likeness (QED) is 0.875. The summed E-state index contributed by atoms with van der Waals surface area (Å²) < 4.78 is 0. The summed E-state index contributed by atoms with van der Waals surface area (Å²) in [6.45, 7) is 11.1. The third-order valence-corrected chi connectivity index (χ3v) is 4.18. The van der Waals surface area contributed by atoms with E-state index in [1.54, 1.807) is 0 Å². The lowest BCUT2D eigenvalue weighted by Crippen LogP contribution is -2.48. The first kappa shape index (κ1) is 12.0. The topological polar surface area (TPSA) is 28.2 Å². The van der Waals surface area contributed by atoms with Gasteiger partial charge in [0.1, 0.15) is 0 Å². The van der Waals surface area contributed by atoms with E-state index in [4.69, 9.17) is 0 Å². The zero-order valence-corrected chi connectivity index (χ0v) is 11.2. The average Bonchev–Trinajstić information content (AvgIpc) is 2.66. The van der Waals surface area contributed by atoms with Gasteiger partial charge in [-0.3, -0.25) is 4.90 Å². The molecule has 0 aliphatic carbocycles. The fourth-order valence-electron chi connectivity index (χ4n) is 2.04. The van der Waals surface area contributed by atoms with Crippen LogP contribution >= 0.6 is 11.3 Å². The fraction of sp³-hybridized carbons (Fsp3) is 0.750. The molecule has 1 aliphatic heterocycles. The van der Waals surface area contributed by atoms with Gasteiger partial charge in [0.05, 0.1) is 5.01 Å². The molecule has 1 saturated heterocycles. The van der Waals surface area contributed by atoms with Gasteiger partial charge in [-0.15, -0.1) is 11.3 Å². The van der Waals surface area contributed by atoms with Crippen LogP contribution in [-0.4, -0.2) is 35.6 Å². The Bertz CT molecular complexity index is 335. The molecule has 1 N–H and O–H groups in total. The molecular weight excluding hydrogens is 218 g/mol. The number of nitrogens with zero attached hydrogens (tertiary/aromatic N) is 2. The van der Waals surface area contributed by atoms with Crippen molar-refractivity contribution >= 4 is 11.3 Å². The Morgan fingerprint density at radius 3 is 3.06 bits per heavy atom. The highest BCUT2D eigenvalue weighted by atomic mass is 32.1. The van der Waals surface area contributed by atoms with E-state index < -0.39 is 0 Å². The van der Waals surface area contributed by atoms with E-state index >= 15 is 0 Å². The van der Waals surface area contributed by atoms with Gasteiger partial charge >= 0.3 is 0 Å². The molecule has 2 heterocycles. The Labute approximate surface area is 102 Å². The van der Waals surface area contributed by atoms with Crippen LogP contribution in [0.4, 0.5) is 0 Å². The standard InChI is InChI=1S/C12H21N3S/c1-9(2)12-14-6-11(16-12)8-15-5-4-13-10(3)7-15/h6,9-10,13H,4-5,7-8H2,1-3H3. The van der Waals surface area contributed by atoms with Crippen molar-refractivity contribution in [2.45, 2.75) is 39.3 Å². The Balaban J connectivity index is 1.92. The summed E-state index contributed by atoms with van der Waals surface area (Å²) in [7, 11) is 0. The second-order valence-corrected chi connectivity index (χ2v) is 6.06. The molecule has 1 aromatic rings. The van der Waals surface area contributed by atoms with Gasteiger partial charge in [-0.2, -0.15) is 0 Å². The molecule has 1 fully saturated rings. The average molecular weight is 239 g/mol. The lowest BCUT2D eigenvalue weighted by Gasteiger charge is -2.31. The van der Waals surface area contributed by atoms with Crippen LogP contribution in [0.5, 0.6) is 0 Å². The molecule has 1 atom stereocenters. The number of nitrogens with one attached hydrogen (secondary N) is 1. The van der Waals surface area contributed by atoms with Crippen LogP contribution in [0, 0.1) is 0 Å². The Morgan fingerprint density at radius 1 is 1.62 bits per heavy atom. The van der Waals surface area contributed by atoms with E-state index in [1.165, 1.54) is 9.88 Å². The van der Waals surface area contributed by atoms with Crippen molar-refractivity contribution in [3.05, 3.63) is 16.1 Å². The van der Waals surface area contributed by atoms with E-state index in [-0.39, 0.29) is 0 Å². The molecule has 4 heteroatoms. The normalized spacial score (nSPS) is 22.9. The summed E-state index contributed by atoms with van der Waals surface area (Å²) in [5, 5.41) is 4.73. The lowest BCUT2D eigenvalue weighted by atomic mass is 10.2. The van der Waals surface area contributed by atoms with Crippen molar-refractivity contribution in [1.29, 1.82) is 0 Å². The van der Waals surface area contributed by atoms with Crippen molar-refractivity contribution in [1.82, 2.24) is 15.2 Å². The third-order valence-electron chi connectivity index (χ3n) is 2.90. The van der Waals surface area contributed by atoms with Gasteiger partial charge in [-0.25, -0.2) is 4.98 Å². The molecule has 0 spiro atoms. The van der Waals surface area contributed by atoms with Crippen LogP contribution in [0.15, 0.2) is 6.20 Å². The molecule has 90 valence electrons. The molecule has 0 amide bonds. The van der Waals surface area contributed by atoms with Crippen molar-refractivity contribution in [2.24, 2.45) is 0 Å². The predicted molar refractivity (Wildman–Crippen MR) is 68.9 cm³/mol. The van der Waals surface area contributed by atoms with Gasteiger partial charge in [0, 0.05) is 49.2 Å². The second-order valence-electron chi connectivity index (χ2n) is 4.91. The summed E-state index contributed by atoms with van der Waals surface area (Å²) in [4.78, 5) is 8.39. The summed E-state index contributed by atoms with van der Waals surface area (Å²) in [5.74, 6) is 0.556. The number of rotatable bonds is 3. The maximum absolute atomic E-state index is 4.48. The van der Waals surface area contributed by atoms with Crippen LogP contribution in [0.2, 0.25) is 0 Å². The van der Waals surface area contributed by atoms with Gasteiger partial charge in [-0.1, -0.05) is 13.8 Å². The monoisotopic (exact) mass is 239 g/mol. The smallest absolute Gasteiger partial charge is 0.0953 e. The molecule has 16 heavy (non-hydrogen) atoms. The van der Waals surface area contributed by atoms with Gasteiger partial charge in [-0.05, 0) is 6.92 Å². The van der Waals surface area contributed by atoms with E-state index in [1.807, 2.05) is 17.5 Å². The minimum atomic E-state index is 0.556. The summed E-state index contributed by atoms with van der Waals surface area (Å²) in [6.07, 6.45) is 2.05. The maximum Gasteiger partial charge on any atom is 0.0953 e. The molecule has 1 aliphatic rings. The second kappa shape index (κ2) is 5.25. The van der Waals surface area contributed by atoms with E-state index in [0.29, 0.717) is 12.0 Å². The highest BCUT2D eigenvalue weighted by molar-refractivity contribution is 7.11. The first-order chi connectivity index (χ1) is 7.65. The van der Waals surface area contributed by atoms with E-state index in [9.17, 15) is 0 Å². The molecule has 1 aromatic heterocycles. The maximum atomic E-state index is 4.48. The van der Waals surface area contributed by atoms with Crippen LogP contribution in [-0.2, 0) is 6.54 Å². The fourth-order valence-corrected chi connectivity index (χ4v) is 3.00. The zero-order valence-electron chi connectivity index (χ0n) is 10.4. The molecule has 2 rings (SSSR count). The minimum absolute atomic E-state index is 0.556. The van der Waals surface area contributed by atoms with E-state index in [0.717, 1.165) is 26.2 Å². The molecule has 1 unspecified atom stereocenters. The number of hydrogen-bond donors (Lipinski definition) is 1.